The molecule has 2 aromatic rings. The van der Waals surface area contributed by atoms with Crippen LogP contribution in [-0.2, 0) is 10.1 Å². The van der Waals surface area contributed by atoms with Crippen molar-refractivity contribution < 1.29 is 36.6 Å². The number of hydrogen-bond donors (Lipinski definition) is 0. The predicted molar refractivity (Wildman–Crippen MR) is 75.7 cm³/mol. The molecule has 0 aliphatic carbocycles. The molecular weight excluding hydrogens is 290 g/mol. The zero-order chi connectivity index (χ0) is 14.0. The zero-order valence-corrected chi connectivity index (χ0v) is 13.1. The van der Waals surface area contributed by atoms with Crippen LogP contribution >= 0.6 is 9.24 Å². The van der Waals surface area contributed by atoms with Gasteiger partial charge in [0.1, 0.15) is 15.9 Å². The first-order chi connectivity index (χ1) is 8.93. The normalized spacial score (nSPS) is 10.8. The maximum atomic E-state index is 11.1. The Morgan fingerprint density at radius 2 is 1.70 bits per heavy atom. The van der Waals surface area contributed by atoms with E-state index in [1.54, 1.807) is 31.4 Å². The van der Waals surface area contributed by atoms with Crippen LogP contribution in [0, 0.1) is 0 Å². The molecule has 0 aliphatic heterocycles. The molecule has 7 heteroatoms. The van der Waals surface area contributed by atoms with E-state index in [1.807, 2.05) is 12.1 Å². The number of benzene rings is 2. The van der Waals surface area contributed by atoms with Crippen molar-refractivity contribution in [2.24, 2.45) is 0 Å². The molecule has 0 N–H and O–H groups in total. The second-order valence-corrected chi connectivity index (χ2v) is 5.83. The van der Waals surface area contributed by atoms with Gasteiger partial charge in [-0.05, 0) is 34.6 Å². The van der Waals surface area contributed by atoms with Gasteiger partial charge < -0.3 is 9.29 Å². The van der Waals surface area contributed by atoms with E-state index >= 15 is 0 Å². The summed E-state index contributed by atoms with van der Waals surface area (Å²) >= 11 is 0. The maximum absolute atomic E-state index is 11.1. The van der Waals surface area contributed by atoms with Crippen molar-refractivity contribution in [3.63, 3.8) is 0 Å². The van der Waals surface area contributed by atoms with Crippen molar-refractivity contribution in [1.29, 1.82) is 0 Å². The van der Waals surface area contributed by atoms with Crippen LogP contribution in [0.5, 0.6) is 5.75 Å². The number of hydrogen-bond acceptors (Lipinski definition) is 4. The molecule has 0 aliphatic rings. The van der Waals surface area contributed by atoms with E-state index in [4.69, 9.17) is 4.74 Å². The van der Waals surface area contributed by atoms with E-state index in [9.17, 15) is 13.0 Å². The zero-order valence-electron chi connectivity index (χ0n) is 11.2. The van der Waals surface area contributed by atoms with Gasteiger partial charge >= 0.3 is 18.9 Å². The summed E-state index contributed by atoms with van der Waals surface area (Å²) in [5, 5.41) is 0.377. The van der Waals surface area contributed by atoms with Crippen LogP contribution < -0.4 is 28.9 Å². The second-order valence-electron chi connectivity index (χ2n) is 3.90. The van der Waals surface area contributed by atoms with Crippen molar-refractivity contribution in [2.45, 2.75) is 4.90 Å². The molecule has 0 fully saturated rings. The van der Waals surface area contributed by atoms with Crippen LogP contribution in [0.25, 0.3) is 11.1 Å². The first kappa shape index (κ1) is 17.2. The maximum Gasteiger partial charge on any atom is 1.00 e. The van der Waals surface area contributed by atoms with E-state index < -0.39 is 10.1 Å². The molecule has 1 atom stereocenters. The van der Waals surface area contributed by atoms with Gasteiger partial charge in [-0.3, -0.25) is 0 Å². The van der Waals surface area contributed by atoms with Crippen molar-refractivity contribution in [1.82, 2.24) is 0 Å². The third kappa shape index (κ3) is 3.63. The van der Waals surface area contributed by atoms with Gasteiger partial charge in [0.15, 0.2) is 0 Å². The van der Waals surface area contributed by atoms with E-state index in [1.165, 1.54) is 6.07 Å². The summed E-state index contributed by atoms with van der Waals surface area (Å²) in [7, 11) is -0.584. The van der Waals surface area contributed by atoms with Gasteiger partial charge in [0.05, 0.1) is 12.0 Å². The molecule has 0 heterocycles. The van der Waals surface area contributed by atoms with E-state index in [2.05, 4.69) is 9.24 Å². The molecule has 0 saturated carbocycles. The molecule has 0 spiro atoms. The van der Waals surface area contributed by atoms with Gasteiger partial charge in [0.2, 0.25) is 0 Å². The largest absolute Gasteiger partial charge is 1.00 e. The van der Waals surface area contributed by atoms with Crippen molar-refractivity contribution in [3.05, 3.63) is 42.5 Å². The second kappa shape index (κ2) is 6.76. The van der Waals surface area contributed by atoms with E-state index in [-0.39, 0.29) is 23.8 Å². The molecule has 2 aromatic carbocycles. The Kier molecular flexibility index (Phi) is 5.82. The minimum absolute atomic E-state index is 0. The van der Waals surface area contributed by atoms with Gasteiger partial charge in [-0.2, -0.15) is 0 Å². The summed E-state index contributed by atoms with van der Waals surface area (Å²) in [6, 6.07) is 11.8. The monoisotopic (exact) mass is 302 g/mol. The molecular formula is C13H12LiO4PS. The summed E-state index contributed by atoms with van der Waals surface area (Å²) in [6.07, 6.45) is 0. The minimum atomic E-state index is -4.47. The Hall–Kier alpha value is -0.823. The fourth-order valence-electron chi connectivity index (χ4n) is 1.78. The Morgan fingerprint density at radius 3 is 2.20 bits per heavy atom. The average molecular weight is 302 g/mol. The van der Waals surface area contributed by atoms with Crippen LogP contribution in [0.15, 0.2) is 47.4 Å². The van der Waals surface area contributed by atoms with E-state index in [0.29, 0.717) is 16.6 Å². The van der Waals surface area contributed by atoms with Crippen LogP contribution in [-0.4, -0.2) is 20.1 Å². The molecule has 0 radical (unpaired) electrons. The molecule has 0 bridgehead atoms. The Morgan fingerprint density at radius 1 is 1.10 bits per heavy atom. The fraction of sp³-hybridized carbons (Fsp3) is 0.0769. The van der Waals surface area contributed by atoms with Crippen molar-refractivity contribution >= 4 is 24.7 Å². The SMILES string of the molecule is COc1ccc(-c2cccc(S(=O)(=O)[O-])c2P)cc1.[Li+]. The molecule has 0 aromatic heterocycles. The quantitative estimate of drug-likeness (QED) is 0.405. The summed E-state index contributed by atoms with van der Waals surface area (Å²) in [4.78, 5) is -0.217. The Bertz CT molecular complexity index is 699. The molecule has 100 valence electrons. The molecule has 0 saturated heterocycles. The van der Waals surface area contributed by atoms with Gasteiger partial charge in [-0.1, -0.05) is 24.3 Å². The number of methoxy groups -OCH3 is 1. The first-order valence-electron chi connectivity index (χ1n) is 5.42. The summed E-state index contributed by atoms with van der Waals surface area (Å²) in [6.45, 7) is 0. The van der Waals surface area contributed by atoms with Crippen molar-refractivity contribution in [2.75, 3.05) is 7.11 Å². The minimum Gasteiger partial charge on any atom is -0.744 e. The molecule has 2 rings (SSSR count). The standard InChI is InChI=1S/C13H13O4PS.Li/c1-17-10-7-5-9(6-8-10)11-3-2-4-12(13(11)18)19(14,15)16;/h2-8H,18H2,1H3,(H,14,15,16);/q;+1/p-1. The van der Waals surface area contributed by atoms with Crippen LogP contribution in [0.4, 0.5) is 0 Å². The molecule has 1 unspecified atom stereocenters. The van der Waals surface area contributed by atoms with Gasteiger partial charge in [-0.25, -0.2) is 8.42 Å². The van der Waals surface area contributed by atoms with Crippen LogP contribution in [0.2, 0.25) is 0 Å². The topological polar surface area (TPSA) is 66.4 Å². The summed E-state index contributed by atoms with van der Waals surface area (Å²) in [5.41, 5.74) is 1.50. The van der Waals surface area contributed by atoms with Gasteiger partial charge in [0, 0.05) is 0 Å². The summed E-state index contributed by atoms with van der Waals surface area (Å²) < 4.78 is 38.5. The van der Waals surface area contributed by atoms with Crippen LogP contribution in [0.3, 0.4) is 0 Å². The molecule has 4 nitrogen and oxygen atoms in total. The smallest absolute Gasteiger partial charge is 0.744 e. The predicted octanol–water partition coefficient (Wildman–Crippen LogP) is -1.23. The van der Waals surface area contributed by atoms with Crippen molar-refractivity contribution in [3.8, 4) is 16.9 Å². The number of ether oxygens (including phenoxy) is 1. The third-order valence-electron chi connectivity index (χ3n) is 2.74. The first-order valence-corrected chi connectivity index (χ1v) is 7.41. The third-order valence-corrected chi connectivity index (χ3v) is 4.46. The Balaban J connectivity index is 0.00000200. The van der Waals surface area contributed by atoms with Gasteiger partial charge in [0.25, 0.3) is 0 Å². The number of rotatable bonds is 3. The van der Waals surface area contributed by atoms with E-state index in [0.717, 1.165) is 5.56 Å². The van der Waals surface area contributed by atoms with Crippen LogP contribution in [0.1, 0.15) is 0 Å². The average Bonchev–Trinajstić information content (AvgIpc) is 2.38. The summed E-state index contributed by atoms with van der Waals surface area (Å²) in [5.74, 6) is 0.710. The molecule has 0 amide bonds. The fourth-order valence-corrected chi connectivity index (χ4v) is 3.20. The Labute approximate surface area is 132 Å². The molecule has 20 heavy (non-hydrogen) atoms. The van der Waals surface area contributed by atoms with Gasteiger partial charge in [-0.15, -0.1) is 9.24 Å².